The van der Waals surface area contributed by atoms with Gasteiger partial charge in [-0.25, -0.2) is 0 Å². The van der Waals surface area contributed by atoms with Crippen molar-refractivity contribution in [2.24, 2.45) is 17.6 Å². The Labute approximate surface area is 84.7 Å². The van der Waals surface area contributed by atoms with E-state index in [0.29, 0.717) is 19.1 Å². The van der Waals surface area contributed by atoms with E-state index in [2.05, 4.69) is 0 Å². The molecular formula is C10H19NO3. The van der Waals surface area contributed by atoms with Crippen molar-refractivity contribution in [1.82, 2.24) is 0 Å². The van der Waals surface area contributed by atoms with Gasteiger partial charge >= 0.3 is 5.97 Å². The monoisotopic (exact) mass is 201 g/mol. The molecule has 2 N–H and O–H groups in total. The number of carbonyl (C=O) groups is 1. The Hall–Kier alpha value is -0.610. The highest BCUT2D eigenvalue weighted by molar-refractivity contribution is 5.72. The Morgan fingerprint density at radius 2 is 2.36 bits per heavy atom. The van der Waals surface area contributed by atoms with Crippen LogP contribution < -0.4 is 5.73 Å². The molecule has 0 spiro atoms. The number of carbonyl (C=O) groups excluding carboxylic acids is 1. The summed E-state index contributed by atoms with van der Waals surface area (Å²) in [6, 6.07) is -0.151. The fraction of sp³-hybridized carbons (Fsp3) is 0.900. The van der Waals surface area contributed by atoms with Crippen LogP contribution in [0.5, 0.6) is 0 Å². The van der Waals surface area contributed by atoms with Crippen molar-refractivity contribution in [3.05, 3.63) is 0 Å². The zero-order chi connectivity index (χ0) is 10.6. The van der Waals surface area contributed by atoms with Crippen LogP contribution in [0.4, 0.5) is 0 Å². The second kappa shape index (κ2) is 5.32. The largest absolute Gasteiger partial charge is 0.465 e. The number of hydrogen-bond donors (Lipinski definition) is 1. The van der Waals surface area contributed by atoms with Gasteiger partial charge in [-0.1, -0.05) is 6.92 Å². The second-order valence-electron chi connectivity index (χ2n) is 4.01. The predicted molar refractivity (Wildman–Crippen MR) is 52.7 cm³/mol. The van der Waals surface area contributed by atoms with Crippen LogP contribution >= 0.6 is 0 Å². The molecule has 0 aromatic carbocycles. The zero-order valence-electron chi connectivity index (χ0n) is 8.86. The zero-order valence-corrected chi connectivity index (χ0v) is 8.86. The van der Waals surface area contributed by atoms with Gasteiger partial charge in [0.15, 0.2) is 0 Å². The summed E-state index contributed by atoms with van der Waals surface area (Å²) in [7, 11) is 0. The summed E-state index contributed by atoms with van der Waals surface area (Å²) >= 11 is 0. The lowest BCUT2D eigenvalue weighted by molar-refractivity contribution is -0.149. The summed E-state index contributed by atoms with van der Waals surface area (Å²) in [6.07, 6.45) is 0.986. The summed E-state index contributed by atoms with van der Waals surface area (Å²) in [5.74, 6) is -0.0524. The molecule has 4 nitrogen and oxygen atoms in total. The van der Waals surface area contributed by atoms with Crippen LogP contribution in [0.1, 0.15) is 20.3 Å². The summed E-state index contributed by atoms with van der Waals surface area (Å²) in [5.41, 5.74) is 5.60. The maximum absolute atomic E-state index is 11.4. The minimum atomic E-state index is -0.225. The molecular weight excluding hydrogens is 182 g/mol. The molecule has 3 atom stereocenters. The van der Waals surface area contributed by atoms with Crippen molar-refractivity contribution in [2.45, 2.75) is 26.3 Å². The topological polar surface area (TPSA) is 61.6 Å². The Morgan fingerprint density at radius 3 is 2.86 bits per heavy atom. The molecule has 1 saturated heterocycles. The molecule has 0 aliphatic carbocycles. The van der Waals surface area contributed by atoms with Gasteiger partial charge < -0.3 is 15.2 Å². The van der Waals surface area contributed by atoms with E-state index in [1.54, 1.807) is 6.92 Å². The van der Waals surface area contributed by atoms with Crippen LogP contribution in [0.15, 0.2) is 0 Å². The number of hydrogen-bond acceptors (Lipinski definition) is 4. The predicted octanol–water partition coefficient (Wildman–Crippen LogP) is 0.549. The van der Waals surface area contributed by atoms with Crippen LogP contribution in [-0.4, -0.2) is 31.8 Å². The van der Waals surface area contributed by atoms with Crippen molar-refractivity contribution in [3.63, 3.8) is 0 Å². The lowest BCUT2D eigenvalue weighted by Gasteiger charge is -2.15. The molecule has 1 fully saturated rings. The summed E-state index contributed by atoms with van der Waals surface area (Å²) in [5, 5.41) is 0. The maximum atomic E-state index is 11.4. The third-order valence-electron chi connectivity index (χ3n) is 2.65. The SMILES string of the molecule is CC(N)C(C)C(=O)OCC1CCOC1. The smallest absolute Gasteiger partial charge is 0.310 e. The third-order valence-corrected chi connectivity index (χ3v) is 2.65. The number of nitrogens with two attached hydrogens (primary N) is 1. The van der Waals surface area contributed by atoms with E-state index in [1.165, 1.54) is 0 Å². The Kier molecular flexibility index (Phi) is 4.35. The van der Waals surface area contributed by atoms with Crippen LogP contribution in [-0.2, 0) is 14.3 Å². The molecule has 1 heterocycles. The van der Waals surface area contributed by atoms with Gasteiger partial charge in [0, 0.05) is 18.6 Å². The van der Waals surface area contributed by atoms with Gasteiger partial charge in [-0.05, 0) is 13.3 Å². The minimum Gasteiger partial charge on any atom is -0.465 e. The van der Waals surface area contributed by atoms with Crippen molar-refractivity contribution in [3.8, 4) is 0 Å². The average Bonchev–Trinajstić information content (AvgIpc) is 2.65. The first-order valence-corrected chi connectivity index (χ1v) is 5.11. The van der Waals surface area contributed by atoms with Crippen LogP contribution in [0.3, 0.4) is 0 Å². The highest BCUT2D eigenvalue weighted by atomic mass is 16.5. The van der Waals surface area contributed by atoms with Gasteiger partial charge in [-0.2, -0.15) is 0 Å². The van der Waals surface area contributed by atoms with Gasteiger partial charge in [0.25, 0.3) is 0 Å². The number of ether oxygens (including phenoxy) is 2. The van der Waals surface area contributed by atoms with E-state index >= 15 is 0 Å². The Balaban J connectivity index is 2.19. The van der Waals surface area contributed by atoms with E-state index in [0.717, 1.165) is 13.0 Å². The number of rotatable bonds is 4. The third kappa shape index (κ3) is 3.27. The van der Waals surface area contributed by atoms with Crippen molar-refractivity contribution >= 4 is 5.97 Å². The maximum Gasteiger partial charge on any atom is 0.310 e. The Bertz CT molecular complexity index is 188. The van der Waals surface area contributed by atoms with Crippen LogP contribution in [0.25, 0.3) is 0 Å². The lowest BCUT2D eigenvalue weighted by atomic mass is 10.1. The highest BCUT2D eigenvalue weighted by Crippen LogP contribution is 2.13. The first-order valence-electron chi connectivity index (χ1n) is 5.11. The van der Waals surface area contributed by atoms with E-state index in [4.69, 9.17) is 15.2 Å². The van der Waals surface area contributed by atoms with Gasteiger partial charge in [-0.15, -0.1) is 0 Å². The molecule has 1 aliphatic rings. The molecule has 0 aromatic rings. The van der Waals surface area contributed by atoms with Crippen LogP contribution in [0, 0.1) is 11.8 Å². The molecule has 3 unspecified atom stereocenters. The normalized spacial score (nSPS) is 25.8. The van der Waals surface area contributed by atoms with Crippen molar-refractivity contribution < 1.29 is 14.3 Å². The minimum absolute atomic E-state index is 0.151. The molecule has 14 heavy (non-hydrogen) atoms. The van der Waals surface area contributed by atoms with E-state index in [1.807, 2.05) is 6.92 Å². The molecule has 0 amide bonds. The van der Waals surface area contributed by atoms with Gasteiger partial charge in [0.05, 0.1) is 19.1 Å². The molecule has 1 rings (SSSR count). The molecule has 0 bridgehead atoms. The van der Waals surface area contributed by atoms with E-state index in [9.17, 15) is 4.79 Å². The Morgan fingerprint density at radius 1 is 1.64 bits per heavy atom. The van der Waals surface area contributed by atoms with E-state index < -0.39 is 0 Å². The summed E-state index contributed by atoms with van der Waals surface area (Å²) in [4.78, 5) is 11.4. The first kappa shape index (κ1) is 11.5. The first-order chi connectivity index (χ1) is 6.61. The van der Waals surface area contributed by atoms with E-state index in [-0.39, 0.29) is 17.9 Å². The molecule has 1 aliphatic heterocycles. The summed E-state index contributed by atoms with van der Waals surface area (Å²) < 4.78 is 10.3. The molecule has 0 radical (unpaired) electrons. The molecule has 0 aromatic heterocycles. The second-order valence-corrected chi connectivity index (χ2v) is 4.01. The quantitative estimate of drug-likeness (QED) is 0.675. The van der Waals surface area contributed by atoms with Crippen LogP contribution in [0.2, 0.25) is 0 Å². The average molecular weight is 201 g/mol. The van der Waals surface area contributed by atoms with Crippen molar-refractivity contribution in [1.29, 1.82) is 0 Å². The molecule has 4 heteroatoms. The van der Waals surface area contributed by atoms with Gasteiger partial charge in [-0.3, -0.25) is 4.79 Å². The van der Waals surface area contributed by atoms with Crippen molar-refractivity contribution in [2.75, 3.05) is 19.8 Å². The summed E-state index contributed by atoms with van der Waals surface area (Å²) in [6.45, 7) is 5.56. The van der Waals surface area contributed by atoms with Gasteiger partial charge in [0.1, 0.15) is 0 Å². The number of esters is 1. The molecule has 0 saturated carbocycles. The van der Waals surface area contributed by atoms with Gasteiger partial charge in [0.2, 0.25) is 0 Å². The molecule has 82 valence electrons. The standard InChI is InChI=1S/C10H19NO3/c1-7(8(2)11)10(12)14-6-9-3-4-13-5-9/h7-9H,3-6,11H2,1-2H3. The fourth-order valence-electron chi connectivity index (χ4n) is 1.26. The lowest BCUT2D eigenvalue weighted by Crippen LogP contribution is -2.32. The highest BCUT2D eigenvalue weighted by Gasteiger charge is 2.22. The fourth-order valence-corrected chi connectivity index (χ4v) is 1.26.